The third-order valence-electron chi connectivity index (χ3n) is 1.90. The minimum Gasteiger partial charge on any atom is -0.214 e. The van der Waals surface area contributed by atoms with Crippen LogP contribution in [0.4, 0.5) is 0 Å². The number of hydrogen-bond acceptors (Lipinski definition) is 3. The lowest BCUT2D eigenvalue weighted by Crippen LogP contribution is -2.29. The number of rotatable bonds is 5. The lowest BCUT2D eigenvalue weighted by Gasteiger charge is -2.10. The summed E-state index contributed by atoms with van der Waals surface area (Å²) in [6.07, 6.45) is 1.91. The topological polar surface area (TPSA) is 46.2 Å². The van der Waals surface area contributed by atoms with Gasteiger partial charge in [-0.1, -0.05) is 30.3 Å². The standard InChI is InChI=1S/C10H15NO2S2/c1-15(12,13)11-8-10(14)7-9-5-3-2-4-6-9/h2-6,10-11,14H,7-8H2,1H3. The van der Waals surface area contributed by atoms with Crippen molar-refractivity contribution in [3.05, 3.63) is 35.9 Å². The van der Waals surface area contributed by atoms with Crippen LogP contribution < -0.4 is 4.72 Å². The normalized spacial score (nSPS) is 13.7. The highest BCUT2D eigenvalue weighted by molar-refractivity contribution is 7.88. The van der Waals surface area contributed by atoms with Gasteiger partial charge < -0.3 is 0 Å². The molecule has 1 unspecified atom stereocenters. The van der Waals surface area contributed by atoms with Gasteiger partial charge in [-0.15, -0.1) is 0 Å². The fourth-order valence-corrected chi connectivity index (χ4v) is 2.14. The monoisotopic (exact) mass is 245 g/mol. The van der Waals surface area contributed by atoms with E-state index >= 15 is 0 Å². The summed E-state index contributed by atoms with van der Waals surface area (Å²) < 4.78 is 24.1. The van der Waals surface area contributed by atoms with Crippen LogP contribution in [-0.2, 0) is 16.4 Å². The molecule has 0 aliphatic heterocycles. The van der Waals surface area contributed by atoms with Crippen LogP contribution >= 0.6 is 12.6 Å². The van der Waals surface area contributed by atoms with E-state index in [1.807, 2.05) is 30.3 Å². The van der Waals surface area contributed by atoms with Gasteiger partial charge >= 0.3 is 0 Å². The van der Waals surface area contributed by atoms with Gasteiger partial charge in [0.05, 0.1) is 6.26 Å². The minimum atomic E-state index is -3.11. The van der Waals surface area contributed by atoms with Crippen molar-refractivity contribution in [2.45, 2.75) is 11.7 Å². The number of hydrogen-bond donors (Lipinski definition) is 2. The first-order valence-corrected chi connectivity index (χ1v) is 7.05. The second-order valence-corrected chi connectivity index (χ2v) is 6.03. The van der Waals surface area contributed by atoms with Crippen molar-refractivity contribution in [2.24, 2.45) is 0 Å². The Morgan fingerprint density at radius 2 is 1.93 bits per heavy atom. The van der Waals surface area contributed by atoms with Crippen molar-refractivity contribution in [2.75, 3.05) is 12.8 Å². The van der Waals surface area contributed by atoms with E-state index in [2.05, 4.69) is 17.4 Å². The molecule has 0 fully saturated rings. The molecule has 0 aliphatic carbocycles. The van der Waals surface area contributed by atoms with Crippen LogP contribution in [0.5, 0.6) is 0 Å². The van der Waals surface area contributed by atoms with E-state index in [1.54, 1.807) is 0 Å². The Morgan fingerprint density at radius 1 is 1.33 bits per heavy atom. The molecule has 0 amide bonds. The van der Waals surface area contributed by atoms with E-state index in [-0.39, 0.29) is 5.25 Å². The number of nitrogens with one attached hydrogen (secondary N) is 1. The first kappa shape index (κ1) is 12.5. The molecular weight excluding hydrogens is 230 g/mol. The zero-order valence-corrected chi connectivity index (χ0v) is 10.3. The molecule has 84 valence electrons. The summed E-state index contributed by atoms with van der Waals surface area (Å²) in [6.45, 7) is 0.358. The van der Waals surface area contributed by atoms with Crippen LogP contribution in [0.1, 0.15) is 5.56 Å². The maximum Gasteiger partial charge on any atom is 0.208 e. The SMILES string of the molecule is CS(=O)(=O)NCC(S)Cc1ccccc1. The van der Waals surface area contributed by atoms with Crippen LogP contribution in [0.3, 0.4) is 0 Å². The third-order valence-corrected chi connectivity index (χ3v) is 2.95. The smallest absolute Gasteiger partial charge is 0.208 e. The van der Waals surface area contributed by atoms with Crippen molar-refractivity contribution in [1.82, 2.24) is 4.72 Å². The fourth-order valence-electron chi connectivity index (χ4n) is 1.21. The quantitative estimate of drug-likeness (QED) is 0.763. The summed E-state index contributed by atoms with van der Waals surface area (Å²) in [6, 6.07) is 9.87. The summed E-state index contributed by atoms with van der Waals surface area (Å²) in [5, 5.41) is 0.00197. The second kappa shape index (κ2) is 5.53. The van der Waals surface area contributed by atoms with E-state index in [1.165, 1.54) is 0 Å². The molecule has 1 atom stereocenters. The molecule has 0 spiro atoms. The Kier molecular flexibility index (Phi) is 4.63. The molecular formula is C10H15NO2S2. The summed E-state index contributed by atoms with van der Waals surface area (Å²) in [7, 11) is -3.11. The third kappa shape index (κ3) is 5.81. The van der Waals surface area contributed by atoms with E-state index in [0.29, 0.717) is 6.54 Å². The van der Waals surface area contributed by atoms with Gasteiger partial charge in [-0.25, -0.2) is 13.1 Å². The van der Waals surface area contributed by atoms with Gasteiger partial charge in [0.25, 0.3) is 0 Å². The predicted octanol–water partition coefficient (Wildman–Crippen LogP) is 1.08. The van der Waals surface area contributed by atoms with Crippen LogP contribution in [0.25, 0.3) is 0 Å². The van der Waals surface area contributed by atoms with E-state index < -0.39 is 10.0 Å². The van der Waals surface area contributed by atoms with E-state index in [4.69, 9.17) is 0 Å². The van der Waals surface area contributed by atoms with Crippen molar-refractivity contribution in [1.29, 1.82) is 0 Å². The average molecular weight is 245 g/mol. The lowest BCUT2D eigenvalue weighted by molar-refractivity contribution is 0.586. The van der Waals surface area contributed by atoms with Gasteiger partial charge in [-0.2, -0.15) is 12.6 Å². The Labute approximate surface area is 96.4 Å². The molecule has 1 aromatic carbocycles. The van der Waals surface area contributed by atoms with Crippen molar-refractivity contribution >= 4 is 22.7 Å². The maximum absolute atomic E-state index is 10.8. The maximum atomic E-state index is 10.8. The Hall–Kier alpha value is -0.520. The molecule has 0 aliphatic rings. The van der Waals surface area contributed by atoms with Gasteiger partial charge in [-0.05, 0) is 12.0 Å². The molecule has 0 bridgehead atoms. The first-order valence-electron chi connectivity index (χ1n) is 4.64. The molecule has 1 aromatic rings. The Morgan fingerprint density at radius 3 is 2.47 bits per heavy atom. The molecule has 5 heteroatoms. The number of sulfonamides is 1. The molecule has 1 rings (SSSR count). The van der Waals surface area contributed by atoms with Gasteiger partial charge in [0.2, 0.25) is 10.0 Å². The highest BCUT2D eigenvalue weighted by atomic mass is 32.2. The summed E-state index contributed by atoms with van der Waals surface area (Å²) in [4.78, 5) is 0. The lowest BCUT2D eigenvalue weighted by atomic mass is 10.1. The van der Waals surface area contributed by atoms with Crippen LogP contribution in [0.15, 0.2) is 30.3 Å². The molecule has 1 N–H and O–H groups in total. The van der Waals surface area contributed by atoms with E-state index in [0.717, 1.165) is 18.2 Å². The zero-order valence-electron chi connectivity index (χ0n) is 8.55. The molecule has 0 radical (unpaired) electrons. The molecule has 3 nitrogen and oxygen atoms in total. The van der Waals surface area contributed by atoms with Gasteiger partial charge in [0.1, 0.15) is 0 Å². The molecule has 0 saturated carbocycles. The van der Waals surface area contributed by atoms with Crippen molar-refractivity contribution in [3.63, 3.8) is 0 Å². The van der Waals surface area contributed by atoms with Crippen LogP contribution in [0, 0.1) is 0 Å². The Bertz CT molecular complexity index is 389. The molecule has 15 heavy (non-hydrogen) atoms. The summed E-state index contributed by atoms with van der Waals surface area (Å²) in [5.74, 6) is 0. The average Bonchev–Trinajstić information content (AvgIpc) is 2.15. The first-order chi connectivity index (χ1) is 6.97. The predicted molar refractivity (Wildman–Crippen MR) is 65.8 cm³/mol. The highest BCUT2D eigenvalue weighted by Crippen LogP contribution is 2.06. The van der Waals surface area contributed by atoms with Crippen LogP contribution in [-0.4, -0.2) is 26.5 Å². The zero-order chi connectivity index (χ0) is 11.3. The summed E-state index contributed by atoms with van der Waals surface area (Å²) in [5.41, 5.74) is 1.16. The van der Waals surface area contributed by atoms with Crippen molar-refractivity contribution in [3.8, 4) is 0 Å². The second-order valence-electron chi connectivity index (χ2n) is 3.46. The minimum absolute atomic E-state index is 0.00197. The van der Waals surface area contributed by atoms with Crippen molar-refractivity contribution < 1.29 is 8.42 Å². The van der Waals surface area contributed by atoms with Gasteiger partial charge in [0, 0.05) is 11.8 Å². The van der Waals surface area contributed by atoms with E-state index in [9.17, 15) is 8.42 Å². The Balaban J connectivity index is 2.40. The number of benzene rings is 1. The molecule has 0 heterocycles. The fraction of sp³-hybridized carbons (Fsp3) is 0.400. The molecule has 0 aromatic heterocycles. The number of thiol groups is 1. The van der Waals surface area contributed by atoms with Crippen LogP contribution in [0.2, 0.25) is 0 Å². The van der Waals surface area contributed by atoms with Gasteiger partial charge in [0.15, 0.2) is 0 Å². The van der Waals surface area contributed by atoms with Gasteiger partial charge in [-0.3, -0.25) is 0 Å². The summed E-state index contributed by atoms with van der Waals surface area (Å²) >= 11 is 4.33. The molecule has 0 saturated heterocycles. The largest absolute Gasteiger partial charge is 0.214 e. The highest BCUT2D eigenvalue weighted by Gasteiger charge is 2.07.